The number of hydrogen-bond donors (Lipinski definition) is 1. The minimum absolute atomic E-state index is 0.241. The first kappa shape index (κ1) is 12.4. The summed E-state index contributed by atoms with van der Waals surface area (Å²) >= 11 is 0. The van der Waals surface area contributed by atoms with Crippen LogP contribution < -0.4 is 5.32 Å². The van der Waals surface area contributed by atoms with Crippen molar-refractivity contribution in [2.75, 3.05) is 6.54 Å². The van der Waals surface area contributed by atoms with Crippen LogP contribution in [0.25, 0.3) is 11.5 Å². The van der Waals surface area contributed by atoms with Crippen molar-refractivity contribution >= 4 is 0 Å². The third kappa shape index (κ3) is 2.84. The average Bonchev–Trinajstić information content (AvgIpc) is 2.75. The monoisotopic (exact) mass is 257 g/mol. The van der Waals surface area contributed by atoms with Crippen LogP contribution in [-0.2, 0) is 0 Å². The van der Waals surface area contributed by atoms with Crippen LogP contribution in [0, 0.1) is 6.92 Å². The predicted octanol–water partition coefficient (Wildman–Crippen LogP) is 3.25. The molecule has 1 atom stereocenters. The molecule has 0 aliphatic carbocycles. The second-order valence-corrected chi connectivity index (χ2v) is 5.18. The van der Waals surface area contributed by atoms with E-state index in [4.69, 9.17) is 4.52 Å². The van der Waals surface area contributed by atoms with Crippen molar-refractivity contribution in [2.45, 2.75) is 38.6 Å². The van der Waals surface area contributed by atoms with Crippen LogP contribution in [0.1, 0.15) is 43.1 Å². The standard InChI is InChI=1S/C15H19N3O/c1-11-6-5-7-12(10-11)15-17-14(18-19-15)13-8-3-2-4-9-16-13/h5-7,10,13,16H,2-4,8-9H2,1H3. The SMILES string of the molecule is Cc1cccc(-c2nc(C3CCCCCN3)no2)c1. The fourth-order valence-corrected chi connectivity index (χ4v) is 2.52. The van der Waals surface area contributed by atoms with Gasteiger partial charge >= 0.3 is 0 Å². The predicted molar refractivity (Wildman–Crippen MR) is 73.7 cm³/mol. The maximum Gasteiger partial charge on any atom is 0.257 e. The molecule has 1 aliphatic heterocycles. The lowest BCUT2D eigenvalue weighted by atomic mass is 10.1. The smallest absolute Gasteiger partial charge is 0.257 e. The molecule has 4 heteroatoms. The Kier molecular flexibility index (Phi) is 3.60. The summed E-state index contributed by atoms with van der Waals surface area (Å²) in [4.78, 5) is 4.55. The molecule has 0 amide bonds. The van der Waals surface area contributed by atoms with E-state index < -0.39 is 0 Å². The first-order valence-corrected chi connectivity index (χ1v) is 6.97. The molecule has 1 aromatic heterocycles. The van der Waals surface area contributed by atoms with Gasteiger partial charge in [-0.25, -0.2) is 0 Å². The van der Waals surface area contributed by atoms with Crippen LogP contribution in [0.2, 0.25) is 0 Å². The summed E-state index contributed by atoms with van der Waals surface area (Å²) in [5, 5.41) is 7.63. The second-order valence-electron chi connectivity index (χ2n) is 5.18. The highest BCUT2D eigenvalue weighted by molar-refractivity contribution is 5.53. The molecule has 100 valence electrons. The molecule has 2 aromatic rings. The Hall–Kier alpha value is -1.68. The Morgan fingerprint density at radius 1 is 1.26 bits per heavy atom. The number of benzene rings is 1. The Balaban J connectivity index is 1.82. The van der Waals surface area contributed by atoms with Gasteiger partial charge in [0.1, 0.15) is 0 Å². The molecule has 1 saturated heterocycles. The zero-order chi connectivity index (χ0) is 13.1. The molecule has 1 fully saturated rings. The van der Waals surface area contributed by atoms with Gasteiger partial charge in [0.15, 0.2) is 5.82 Å². The van der Waals surface area contributed by atoms with Gasteiger partial charge in [-0.15, -0.1) is 0 Å². The van der Waals surface area contributed by atoms with Gasteiger partial charge in [-0.05, 0) is 38.4 Å². The van der Waals surface area contributed by atoms with E-state index in [1.54, 1.807) is 0 Å². The Morgan fingerprint density at radius 2 is 2.21 bits per heavy atom. The highest BCUT2D eigenvalue weighted by atomic mass is 16.5. The van der Waals surface area contributed by atoms with E-state index in [0.717, 1.165) is 24.4 Å². The van der Waals surface area contributed by atoms with Gasteiger partial charge in [0.05, 0.1) is 6.04 Å². The van der Waals surface area contributed by atoms with Gasteiger partial charge in [0.2, 0.25) is 0 Å². The molecule has 0 spiro atoms. The number of nitrogens with one attached hydrogen (secondary N) is 1. The Morgan fingerprint density at radius 3 is 3.11 bits per heavy atom. The van der Waals surface area contributed by atoms with Crippen LogP contribution in [-0.4, -0.2) is 16.7 Å². The number of rotatable bonds is 2. The van der Waals surface area contributed by atoms with Gasteiger partial charge in [-0.2, -0.15) is 4.98 Å². The molecule has 1 aliphatic rings. The molecule has 2 heterocycles. The summed E-state index contributed by atoms with van der Waals surface area (Å²) in [6.07, 6.45) is 4.84. The summed E-state index contributed by atoms with van der Waals surface area (Å²) in [6, 6.07) is 8.39. The van der Waals surface area contributed by atoms with Crippen molar-refractivity contribution in [1.82, 2.24) is 15.5 Å². The van der Waals surface area contributed by atoms with Crippen LogP contribution >= 0.6 is 0 Å². The maximum absolute atomic E-state index is 5.40. The van der Waals surface area contributed by atoms with E-state index >= 15 is 0 Å². The quantitative estimate of drug-likeness (QED) is 0.897. The summed E-state index contributed by atoms with van der Waals surface area (Å²) in [7, 11) is 0. The highest BCUT2D eigenvalue weighted by Gasteiger charge is 2.19. The molecule has 0 bridgehead atoms. The molecule has 1 unspecified atom stereocenters. The third-order valence-electron chi connectivity index (χ3n) is 3.58. The van der Waals surface area contributed by atoms with Gasteiger partial charge in [-0.3, -0.25) is 0 Å². The molecule has 0 radical (unpaired) electrons. The fraction of sp³-hybridized carbons (Fsp3) is 0.467. The summed E-state index contributed by atoms with van der Waals surface area (Å²) in [6.45, 7) is 3.10. The zero-order valence-corrected chi connectivity index (χ0v) is 11.2. The number of aromatic nitrogens is 2. The largest absolute Gasteiger partial charge is 0.334 e. The molecule has 1 aromatic carbocycles. The molecular formula is C15H19N3O. The van der Waals surface area contributed by atoms with E-state index in [-0.39, 0.29) is 6.04 Å². The summed E-state index contributed by atoms with van der Waals surface area (Å²) in [5.74, 6) is 1.41. The molecular weight excluding hydrogens is 238 g/mol. The van der Waals surface area contributed by atoms with E-state index in [1.807, 2.05) is 12.1 Å². The first-order chi connectivity index (χ1) is 9.33. The highest BCUT2D eigenvalue weighted by Crippen LogP contribution is 2.24. The molecule has 1 N–H and O–H groups in total. The van der Waals surface area contributed by atoms with Crippen LogP contribution in [0.3, 0.4) is 0 Å². The van der Waals surface area contributed by atoms with Crippen molar-refractivity contribution in [1.29, 1.82) is 0 Å². The van der Waals surface area contributed by atoms with Gasteiger partial charge in [-0.1, -0.05) is 35.7 Å². The van der Waals surface area contributed by atoms with Gasteiger partial charge < -0.3 is 9.84 Å². The molecule has 0 saturated carbocycles. The van der Waals surface area contributed by atoms with Crippen molar-refractivity contribution in [2.24, 2.45) is 0 Å². The number of aryl methyl sites for hydroxylation is 1. The minimum atomic E-state index is 0.241. The molecule has 19 heavy (non-hydrogen) atoms. The number of nitrogens with zero attached hydrogens (tertiary/aromatic N) is 2. The summed E-state index contributed by atoms with van der Waals surface area (Å²) < 4.78 is 5.40. The van der Waals surface area contributed by atoms with E-state index in [9.17, 15) is 0 Å². The van der Waals surface area contributed by atoms with Gasteiger partial charge in [0.25, 0.3) is 5.89 Å². The average molecular weight is 257 g/mol. The van der Waals surface area contributed by atoms with Crippen LogP contribution in [0.15, 0.2) is 28.8 Å². The van der Waals surface area contributed by atoms with E-state index in [2.05, 4.69) is 34.5 Å². The van der Waals surface area contributed by atoms with Crippen molar-refractivity contribution in [3.63, 3.8) is 0 Å². The lowest BCUT2D eigenvalue weighted by Crippen LogP contribution is -2.21. The van der Waals surface area contributed by atoms with E-state index in [0.29, 0.717) is 5.89 Å². The van der Waals surface area contributed by atoms with Crippen LogP contribution in [0.5, 0.6) is 0 Å². The lowest BCUT2D eigenvalue weighted by Gasteiger charge is -2.09. The van der Waals surface area contributed by atoms with Crippen molar-refractivity contribution in [3.8, 4) is 11.5 Å². The second kappa shape index (κ2) is 5.53. The van der Waals surface area contributed by atoms with Crippen molar-refractivity contribution < 1.29 is 4.52 Å². The topological polar surface area (TPSA) is 51.0 Å². The fourth-order valence-electron chi connectivity index (χ4n) is 2.52. The maximum atomic E-state index is 5.40. The van der Waals surface area contributed by atoms with Gasteiger partial charge in [0, 0.05) is 5.56 Å². The van der Waals surface area contributed by atoms with E-state index in [1.165, 1.54) is 24.8 Å². The van der Waals surface area contributed by atoms with Crippen molar-refractivity contribution in [3.05, 3.63) is 35.7 Å². The number of hydrogen-bond acceptors (Lipinski definition) is 4. The third-order valence-corrected chi connectivity index (χ3v) is 3.58. The Bertz CT molecular complexity index is 542. The minimum Gasteiger partial charge on any atom is -0.334 e. The zero-order valence-electron chi connectivity index (χ0n) is 11.2. The normalized spacial score (nSPS) is 20.2. The Labute approximate surface area is 113 Å². The lowest BCUT2D eigenvalue weighted by molar-refractivity contribution is 0.402. The first-order valence-electron chi connectivity index (χ1n) is 6.97. The summed E-state index contributed by atoms with van der Waals surface area (Å²) in [5.41, 5.74) is 2.19. The molecule has 3 rings (SSSR count). The molecule has 4 nitrogen and oxygen atoms in total. The van der Waals surface area contributed by atoms with Crippen LogP contribution in [0.4, 0.5) is 0 Å².